The van der Waals surface area contributed by atoms with Crippen molar-refractivity contribution >= 4 is 11.9 Å². The number of carboxylic acids is 1. The highest BCUT2D eigenvalue weighted by molar-refractivity contribution is 5.72. The average Bonchev–Trinajstić information content (AvgIpc) is 2.42. The summed E-state index contributed by atoms with van der Waals surface area (Å²) in [6.45, 7) is 1.28. The van der Waals surface area contributed by atoms with E-state index in [-0.39, 0.29) is 18.9 Å². The van der Waals surface area contributed by atoms with Gasteiger partial charge in [0.1, 0.15) is 12.2 Å². The second-order valence-electron chi connectivity index (χ2n) is 4.59. The Labute approximate surface area is 117 Å². The number of amides is 1. The maximum Gasteiger partial charge on any atom is 0.303 e. The fourth-order valence-corrected chi connectivity index (χ4v) is 1.77. The van der Waals surface area contributed by atoms with E-state index in [9.17, 15) is 19.8 Å². The summed E-state index contributed by atoms with van der Waals surface area (Å²) in [5, 5.41) is 30.8. The highest BCUT2D eigenvalue weighted by Gasteiger charge is 2.18. The number of benzene rings is 1. The van der Waals surface area contributed by atoms with Crippen molar-refractivity contribution in [2.45, 2.75) is 32.0 Å². The van der Waals surface area contributed by atoms with Crippen LogP contribution in [0.15, 0.2) is 24.3 Å². The van der Waals surface area contributed by atoms with Crippen molar-refractivity contribution in [2.75, 3.05) is 6.54 Å². The molecular formula is C14H19NO5. The third-order valence-electron chi connectivity index (χ3n) is 2.84. The van der Waals surface area contributed by atoms with Crippen LogP contribution in [0.2, 0.25) is 0 Å². The molecule has 0 spiro atoms. The first-order valence-corrected chi connectivity index (χ1v) is 6.31. The number of carbonyl (C=O) groups is 2. The normalized spacial score (nSPS) is 13.6. The van der Waals surface area contributed by atoms with E-state index in [1.165, 1.54) is 6.92 Å². The first-order chi connectivity index (χ1) is 9.40. The predicted octanol–water partition coefficient (Wildman–Crippen LogP) is 0.234. The van der Waals surface area contributed by atoms with Crippen molar-refractivity contribution in [3.05, 3.63) is 35.4 Å². The number of aliphatic hydroxyl groups excluding tert-OH is 2. The number of rotatable bonds is 7. The van der Waals surface area contributed by atoms with Gasteiger partial charge in [-0.25, -0.2) is 0 Å². The average molecular weight is 281 g/mol. The zero-order chi connectivity index (χ0) is 15.1. The monoisotopic (exact) mass is 281 g/mol. The van der Waals surface area contributed by atoms with Crippen molar-refractivity contribution in [2.24, 2.45) is 0 Å². The molecule has 0 saturated carbocycles. The molecular weight excluding hydrogens is 262 g/mol. The zero-order valence-electron chi connectivity index (χ0n) is 11.2. The Balaban J connectivity index is 2.67. The topological polar surface area (TPSA) is 107 Å². The van der Waals surface area contributed by atoms with Crippen LogP contribution in [0.5, 0.6) is 0 Å². The van der Waals surface area contributed by atoms with Gasteiger partial charge >= 0.3 is 5.97 Å². The van der Waals surface area contributed by atoms with Crippen molar-refractivity contribution in [1.29, 1.82) is 0 Å². The van der Waals surface area contributed by atoms with E-state index in [2.05, 4.69) is 5.32 Å². The van der Waals surface area contributed by atoms with Crippen LogP contribution in [0.3, 0.4) is 0 Å². The Morgan fingerprint density at radius 2 is 2.00 bits per heavy atom. The van der Waals surface area contributed by atoms with Crippen LogP contribution in [-0.4, -0.2) is 39.8 Å². The molecule has 0 bridgehead atoms. The molecule has 0 radical (unpaired) electrons. The van der Waals surface area contributed by atoms with E-state index < -0.39 is 18.2 Å². The minimum atomic E-state index is -1.13. The minimum Gasteiger partial charge on any atom is -0.481 e. The molecule has 4 N–H and O–H groups in total. The highest BCUT2D eigenvalue weighted by Crippen LogP contribution is 2.18. The fourth-order valence-electron chi connectivity index (χ4n) is 1.77. The van der Waals surface area contributed by atoms with Gasteiger partial charge < -0.3 is 20.6 Å². The largest absolute Gasteiger partial charge is 0.481 e. The van der Waals surface area contributed by atoms with Gasteiger partial charge in [0.25, 0.3) is 0 Å². The summed E-state index contributed by atoms with van der Waals surface area (Å²) in [6.07, 6.45) is -1.88. The lowest BCUT2D eigenvalue weighted by atomic mass is 10.00. The standard InChI is InChI=1S/C14H19NO5/c1-9(16)15-8-12(17)14(20)11-4-2-3-10(7-11)5-6-13(18)19/h2-4,7,12,14,17,20H,5-6,8H2,1H3,(H,15,16)(H,18,19). The van der Waals surface area contributed by atoms with E-state index in [1.54, 1.807) is 24.3 Å². The molecule has 6 nitrogen and oxygen atoms in total. The smallest absolute Gasteiger partial charge is 0.303 e. The van der Waals surface area contributed by atoms with Gasteiger partial charge in [-0.2, -0.15) is 0 Å². The van der Waals surface area contributed by atoms with Crippen LogP contribution < -0.4 is 5.32 Å². The van der Waals surface area contributed by atoms with Gasteiger partial charge in [0, 0.05) is 19.9 Å². The van der Waals surface area contributed by atoms with Crippen LogP contribution in [0.1, 0.15) is 30.6 Å². The Hall–Kier alpha value is -1.92. The van der Waals surface area contributed by atoms with Gasteiger partial charge in [-0.1, -0.05) is 24.3 Å². The second-order valence-corrected chi connectivity index (χ2v) is 4.59. The predicted molar refractivity (Wildman–Crippen MR) is 72.0 cm³/mol. The lowest BCUT2D eigenvalue weighted by Crippen LogP contribution is -2.34. The Kier molecular flexibility index (Phi) is 6.14. The van der Waals surface area contributed by atoms with Crippen LogP contribution in [0, 0.1) is 0 Å². The SMILES string of the molecule is CC(=O)NCC(O)C(O)c1cccc(CCC(=O)O)c1. The van der Waals surface area contributed by atoms with Crippen molar-refractivity contribution in [1.82, 2.24) is 5.32 Å². The minimum absolute atomic E-state index is 0.00793. The van der Waals surface area contributed by atoms with E-state index in [0.29, 0.717) is 12.0 Å². The molecule has 0 aliphatic rings. The zero-order valence-corrected chi connectivity index (χ0v) is 11.2. The van der Waals surface area contributed by atoms with Gasteiger partial charge in [0.05, 0.1) is 0 Å². The molecule has 0 aliphatic carbocycles. The van der Waals surface area contributed by atoms with Crippen molar-refractivity contribution in [3.63, 3.8) is 0 Å². The maximum atomic E-state index is 10.8. The number of carbonyl (C=O) groups excluding carboxylic acids is 1. The van der Waals surface area contributed by atoms with Crippen molar-refractivity contribution in [3.8, 4) is 0 Å². The number of carboxylic acid groups (broad SMARTS) is 1. The highest BCUT2D eigenvalue weighted by atomic mass is 16.4. The van der Waals surface area contributed by atoms with Gasteiger partial charge in [0.15, 0.2) is 0 Å². The number of aliphatic carboxylic acids is 1. The van der Waals surface area contributed by atoms with Crippen molar-refractivity contribution < 1.29 is 24.9 Å². The molecule has 110 valence electrons. The molecule has 6 heteroatoms. The summed E-state index contributed by atoms with van der Waals surface area (Å²) in [4.78, 5) is 21.3. The van der Waals surface area contributed by atoms with E-state index >= 15 is 0 Å². The first kappa shape index (κ1) is 16.1. The van der Waals surface area contributed by atoms with Crippen LogP contribution in [-0.2, 0) is 16.0 Å². The number of hydrogen-bond donors (Lipinski definition) is 4. The number of aryl methyl sites for hydroxylation is 1. The maximum absolute atomic E-state index is 10.8. The summed E-state index contributed by atoms with van der Waals surface area (Å²) in [6, 6.07) is 6.76. The molecule has 20 heavy (non-hydrogen) atoms. The molecule has 1 aromatic rings. The van der Waals surface area contributed by atoms with Gasteiger partial charge in [-0.3, -0.25) is 9.59 Å². The number of nitrogens with one attached hydrogen (secondary N) is 1. The van der Waals surface area contributed by atoms with E-state index in [1.807, 2.05) is 0 Å². The summed E-state index contributed by atoms with van der Waals surface area (Å²) < 4.78 is 0. The lowest BCUT2D eigenvalue weighted by Gasteiger charge is -2.19. The van der Waals surface area contributed by atoms with E-state index in [0.717, 1.165) is 5.56 Å². The number of aliphatic hydroxyl groups is 2. The second kappa shape index (κ2) is 7.62. The van der Waals surface area contributed by atoms with E-state index in [4.69, 9.17) is 5.11 Å². The summed E-state index contributed by atoms with van der Waals surface area (Å²) in [7, 11) is 0. The Bertz CT molecular complexity index is 474. The lowest BCUT2D eigenvalue weighted by molar-refractivity contribution is -0.137. The van der Waals surface area contributed by atoms with Crippen LogP contribution in [0.4, 0.5) is 0 Å². The van der Waals surface area contributed by atoms with Crippen LogP contribution in [0.25, 0.3) is 0 Å². The molecule has 0 fully saturated rings. The first-order valence-electron chi connectivity index (χ1n) is 6.31. The molecule has 1 amide bonds. The third-order valence-corrected chi connectivity index (χ3v) is 2.84. The Morgan fingerprint density at radius 1 is 1.30 bits per heavy atom. The third kappa shape index (κ3) is 5.38. The fraction of sp³-hybridized carbons (Fsp3) is 0.429. The van der Waals surface area contributed by atoms with Gasteiger partial charge in [0.2, 0.25) is 5.91 Å². The van der Waals surface area contributed by atoms with Gasteiger partial charge in [-0.05, 0) is 17.5 Å². The van der Waals surface area contributed by atoms with Gasteiger partial charge in [-0.15, -0.1) is 0 Å². The molecule has 0 aromatic heterocycles. The number of hydrogen-bond acceptors (Lipinski definition) is 4. The molecule has 0 saturated heterocycles. The molecule has 1 rings (SSSR count). The summed E-state index contributed by atoms with van der Waals surface area (Å²) in [5.74, 6) is -1.17. The molecule has 1 aromatic carbocycles. The molecule has 0 aliphatic heterocycles. The quantitative estimate of drug-likeness (QED) is 0.572. The molecule has 2 atom stereocenters. The molecule has 0 heterocycles. The molecule has 2 unspecified atom stereocenters. The summed E-state index contributed by atoms with van der Waals surface area (Å²) in [5.41, 5.74) is 1.27. The summed E-state index contributed by atoms with van der Waals surface area (Å²) >= 11 is 0. The van der Waals surface area contributed by atoms with Crippen LogP contribution >= 0.6 is 0 Å². The Morgan fingerprint density at radius 3 is 2.60 bits per heavy atom.